The Labute approximate surface area is 88.7 Å². The van der Waals surface area contributed by atoms with Gasteiger partial charge in [-0.3, -0.25) is 4.79 Å². The van der Waals surface area contributed by atoms with E-state index in [1.807, 2.05) is 6.92 Å². The highest BCUT2D eigenvalue weighted by Crippen LogP contribution is 2.22. The summed E-state index contributed by atoms with van der Waals surface area (Å²) in [6.45, 7) is 4.85. The van der Waals surface area contributed by atoms with E-state index in [9.17, 15) is 4.79 Å². The summed E-state index contributed by atoms with van der Waals surface area (Å²) in [5.74, 6) is 1.11. The third-order valence-electron chi connectivity index (χ3n) is 2.67. The standard InChI is InChI=1S/C11H14N2O2/c1-7-10(8(2)14)5-12-11(13-7)9-3-4-15-6-9/h5,9H,3-4,6H2,1-2H3. The maximum absolute atomic E-state index is 11.2. The molecule has 0 aliphatic carbocycles. The lowest BCUT2D eigenvalue weighted by Crippen LogP contribution is -2.08. The highest BCUT2D eigenvalue weighted by atomic mass is 16.5. The van der Waals surface area contributed by atoms with Gasteiger partial charge in [0.15, 0.2) is 5.78 Å². The van der Waals surface area contributed by atoms with E-state index in [2.05, 4.69) is 9.97 Å². The summed E-state index contributed by atoms with van der Waals surface area (Å²) in [4.78, 5) is 19.8. The Hall–Kier alpha value is -1.29. The smallest absolute Gasteiger partial charge is 0.163 e. The Morgan fingerprint density at radius 2 is 2.40 bits per heavy atom. The molecule has 0 N–H and O–H groups in total. The Morgan fingerprint density at radius 3 is 2.93 bits per heavy atom. The lowest BCUT2D eigenvalue weighted by molar-refractivity contribution is 0.101. The molecule has 0 aromatic carbocycles. The summed E-state index contributed by atoms with van der Waals surface area (Å²) in [5, 5.41) is 0. The monoisotopic (exact) mass is 206 g/mol. The van der Waals surface area contributed by atoms with E-state index in [1.165, 1.54) is 6.92 Å². The molecule has 1 saturated heterocycles. The molecule has 80 valence electrons. The lowest BCUT2D eigenvalue weighted by atomic mass is 10.1. The molecule has 1 fully saturated rings. The van der Waals surface area contributed by atoms with Gasteiger partial charge in [-0.25, -0.2) is 9.97 Å². The van der Waals surface area contributed by atoms with Crippen molar-refractivity contribution >= 4 is 5.78 Å². The van der Waals surface area contributed by atoms with E-state index in [4.69, 9.17) is 4.74 Å². The average molecular weight is 206 g/mol. The minimum absolute atomic E-state index is 0.0155. The number of carbonyl (C=O) groups excluding carboxylic acids is 1. The molecule has 4 nitrogen and oxygen atoms in total. The van der Waals surface area contributed by atoms with Crippen LogP contribution in [-0.2, 0) is 4.74 Å². The molecule has 1 aliphatic rings. The number of rotatable bonds is 2. The quantitative estimate of drug-likeness (QED) is 0.688. The van der Waals surface area contributed by atoms with Crippen molar-refractivity contribution in [3.8, 4) is 0 Å². The molecule has 4 heteroatoms. The van der Waals surface area contributed by atoms with Crippen LogP contribution in [-0.4, -0.2) is 29.0 Å². The fourth-order valence-electron chi connectivity index (χ4n) is 1.77. The van der Waals surface area contributed by atoms with Gasteiger partial charge in [-0.1, -0.05) is 0 Å². The van der Waals surface area contributed by atoms with E-state index in [0.29, 0.717) is 18.1 Å². The predicted octanol–water partition coefficient (Wildman–Crippen LogP) is 1.49. The van der Waals surface area contributed by atoms with Crippen molar-refractivity contribution in [2.75, 3.05) is 13.2 Å². The summed E-state index contributed by atoms with van der Waals surface area (Å²) < 4.78 is 5.28. The Morgan fingerprint density at radius 1 is 1.60 bits per heavy atom. The van der Waals surface area contributed by atoms with Gasteiger partial charge in [0.05, 0.1) is 17.9 Å². The molecule has 1 aromatic heterocycles. The second-order valence-corrected chi connectivity index (χ2v) is 3.84. The third kappa shape index (κ3) is 2.04. The van der Waals surface area contributed by atoms with E-state index >= 15 is 0 Å². The maximum Gasteiger partial charge on any atom is 0.163 e. The molecule has 1 aliphatic heterocycles. The molecule has 0 spiro atoms. The van der Waals surface area contributed by atoms with Gasteiger partial charge in [0.2, 0.25) is 0 Å². The normalized spacial score (nSPS) is 20.5. The topological polar surface area (TPSA) is 52.1 Å². The summed E-state index contributed by atoms with van der Waals surface area (Å²) in [5.41, 5.74) is 1.37. The van der Waals surface area contributed by atoms with Crippen molar-refractivity contribution < 1.29 is 9.53 Å². The van der Waals surface area contributed by atoms with Crippen molar-refractivity contribution in [3.63, 3.8) is 0 Å². The van der Waals surface area contributed by atoms with Gasteiger partial charge in [0.25, 0.3) is 0 Å². The van der Waals surface area contributed by atoms with Crippen molar-refractivity contribution in [2.24, 2.45) is 0 Å². The van der Waals surface area contributed by atoms with Crippen LogP contribution in [0.2, 0.25) is 0 Å². The molecule has 1 atom stereocenters. The fourth-order valence-corrected chi connectivity index (χ4v) is 1.77. The second-order valence-electron chi connectivity index (χ2n) is 3.84. The van der Waals surface area contributed by atoms with Crippen LogP contribution in [0.25, 0.3) is 0 Å². The van der Waals surface area contributed by atoms with Crippen molar-refractivity contribution in [1.29, 1.82) is 0 Å². The Bertz CT molecular complexity index is 384. The van der Waals surface area contributed by atoms with E-state index < -0.39 is 0 Å². The number of hydrogen-bond donors (Lipinski definition) is 0. The molecule has 2 heterocycles. The molecular formula is C11H14N2O2. The minimum atomic E-state index is 0.0155. The maximum atomic E-state index is 11.2. The van der Waals surface area contributed by atoms with Crippen molar-refractivity contribution in [3.05, 3.63) is 23.3 Å². The van der Waals surface area contributed by atoms with Gasteiger partial charge in [-0.15, -0.1) is 0 Å². The number of ether oxygens (including phenoxy) is 1. The van der Waals surface area contributed by atoms with Crippen LogP contribution < -0.4 is 0 Å². The first-order chi connectivity index (χ1) is 7.18. The first-order valence-corrected chi connectivity index (χ1v) is 5.10. The van der Waals surface area contributed by atoms with Crippen LogP contribution in [0.3, 0.4) is 0 Å². The Kier molecular flexibility index (Phi) is 2.77. The van der Waals surface area contributed by atoms with Crippen LogP contribution in [0.4, 0.5) is 0 Å². The molecule has 1 unspecified atom stereocenters. The zero-order valence-electron chi connectivity index (χ0n) is 8.99. The number of Topliss-reactive ketones (excluding diaryl/α,β-unsaturated/α-hetero) is 1. The average Bonchev–Trinajstić information content (AvgIpc) is 2.69. The summed E-state index contributed by atoms with van der Waals surface area (Å²) in [7, 11) is 0. The molecule has 0 radical (unpaired) electrons. The van der Waals surface area contributed by atoms with E-state index in [1.54, 1.807) is 6.20 Å². The Balaban J connectivity index is 2.28. The highest BCUT2D eigenvalue weighted by Gasteiger charge is 2.21. The zero-order chi connectivity index (χ0) is 10.8. The molecule has 15 heavy (non-hydrogen) atoms. The molecule has 0 saturated carbocycles. The molecule has 0 bridgehead atoms. The predicted molar refractivity (Wildman–Crippen MR) is 55.0 cm³/mol. The largest absolute Gasteiger partial charge is 0.381 e. The van der Waals surface area contributed by atoms with Gasteiger partial charge in [-0.05, 0) is 20.3 Å². The van der Waals surface area contributed by atoms with Crippen LogP contribution in [0.15, 0.2) is 6.20 Å². The van der Waals surface area contributed by atoms with Gasteiger partial charge < -0.3 is 4.74 Å². The summed E-state index contributed by atoms with van der Waals surface area (Å²) in [6.07, 6.45) is 2.59. The van der Waals surface area contributed by atoms with E-state index in [0.717, 1.165) is 24.5 Å². The fraction of sp³-hybridized carbons (Fsp3) is 0.545. The first-order valence-electron chi connectivity index (χ1n) is 5.10. The minimum Gasteiger partial charge on any atom is -0.381 e. The number of aryl methyl sites for hydroxylation is 1. The van der Waals surface area contributed by atoms with Crippen LogP contribution in [0.1, 0.15) is 41.1 Å². The zero-order valence-corrected chi connectivity index (χ0v) is 8.99. The first kappa shape index (κ1) is 10.2. The SMILES string of the molecule is CC(=O)c1cnc(C2CCOC2)nc1C. The van der Waals surface area contributed by atoms with E-state index in [-0.39, 0.29) is 5.78 Å². The van der Waals surface area contributed by atoms with Crippen LogP contribution in [0.5, 0.6) is 0 Å². The number of carbonyl (C=O) groups is 1. The second kappa shape index (κ2) is 4.06. The van der Waals surface area contributed by atoms with Crippen LogP contribution >= 0.6 is 0 Å². The molecule has 0 amide bonds. The number of ketones is 1. The summed E-state index contributed by atoms with van der Waals surface area (Å²) in [6, 6.07) is 0. The van der Waals surface area contributed by atoms with Crippen LogP contribution in [0, 0.1) is 6.92 Å². The molecule has 2 rings (SSSR count). The van der Waals surface area contributed by atoms with Gasteiger partial charge in [0, 0.05) is 18.7 Å². The molecular weight excluding hydrogens is 192 g/mol. The third-order valence-corrected chi connectivity index (χ3v) is 2.67. The number of hydrogen-bond acceptors (Lipinski definition) is 4. The van der Waals surface area contributed by atoms with Gasteiger partial charge >= 0.3 is 0 Å². The van der Waals surface area contributed by atoms with Crippen molar-refractivity contribution in [1.82, 2.24) is 9.97 Å². The lowest BCUT2D eigenvalue weighted by Gasteiger charge is -2.08. The summed E-state index contributed by atoms with van der Waals surface area (Å²) >= 11 is 0. The van der Waals surface area contributed by atoms with Gasteiger partial charge in [-0.2, -0.15) is 0 Å². The number of aromatic nitrogens is 2. The van der Waals surface area contributed by atoms with Gasteiger partial charge in [0.1, 0.15) is 5.82 Å². The highest BCUT2D eigenvalue weighted by molar-refractivity contribution is 5.94. The number of nitrogens with zero attached hydrogens (tertiary/aromatic N) is 2. The molecule has 1 aromatic rings. The van der Waals surface area contributed by atoms with Crippen molar-refractivity contribution in [2.45, 2.75) is 26.2 Å².